The summed E-state index contributed by atoms with van der Waals surface area (Å²) in [5.74, 6) is 0.0269. The molecule has 0 saturated heterocycles. The molecule has 34 heavy (non-hydrogen) atoms. The Bertz CT molecular complexity index is 1360. The lowest BCUT2D eigenvalue weighted by Crippen LogP contribution is -2.34. The van der Waals surface area contributed by atoms with E-state index in [1.54, 1.807) is 13.0 Å². The smallest absolute Gasteiger partial charge is 0.387 e. The Labute approximate surface area is 195 Å². The Morgan fingerprint density at radius 3 is 2.59 bits per heavy atom. The van der Waals surface area contributed by atoms with Crippen LogP contribution in [0.1, 0.15) is 43.4 Å². The van der Waals surface area contributed by atoms with Gasteiger partial charge in [0.1, 0.15) is 23.4 Å². The number of rotatable bonds is 8. The van der Waals surface area contributed by atoms with Crippen molar-refractivity contribution < 1.29 is 26.3 Å². The number of pyridine rings is 1. The van der Waals surface area contributed by atoms with Gasteiger partial charge in [-0.05, 0) is 56.9 Å². The van der Waals surface area contributed by atoms with Crippen LogP contribution in [0, 0.1) is 18.3 Å². The van der Waals surface area contributed by atoms with Gasteiger partial charge in [0.25, 0.3) is 0 Å². The van der Waals surface area contributed by atoms with E-state index in [-0.39, 0.29) is 16.7 Å². The second-order valence-electron chi connectivity index (χ2n) is 8.36. The van der Waals surface area contributed by atoms with Crippen molar-refractivity contribution >= 4 is 20.9 Å². The third-order valence-electron chi connectivity index (χ3n) is 5.94. The van der Waals surface area contributed by atoms with Crippen LogP contribution < -0.4 is 9.46 Å². The zero-order valence-electron chi connectivity index (χ0n) is 18.6. The first kappa shape index (κ1) is 24.0. The number of hydrogen-bond acceptors (Lipinski definition) is 5. The van der Waals surface area contributed by atoms with Crippen molar-refractivity contribution in [1.29, 1.82) is 5.26 Å². The van der Waals surface area contributed by atoms with Crippen LogP contribution in [0.15, 0.2) is 35.4 Å². The second-order valence-corrected chi connectivity index (χ2v) is 10.1. The number of aromatic nitrogens is 2. The molecule has 0 amide bonds. The zero-order valence-corrected chi connectivity index (χ0v) is 19.4. The lowest BCUT2D eigenvalue weighted by Gasteiger charge is -2.30. The van der Waals surface area contributed by atoms with Gasteiger partial charge in [0.05, 0.1) is 22.5 Å². The summed E-state index contributed by atoms with van der Waals surface area (Å²) in [4.78, 5) is 4.18. The van der Waals surface area contributed by atoms with Gasteiger partial charge >= 0.3 is 6.61 Å². The van der Waals surface area contributed by atoms with E-state index in [0.29, 0.717) is 33.4 Å². The van der Waals surface area contributed by atoms with Crippen molar-refractivity contribution in [2.75, 3.05) is 6.67 Å². The number of sulfonamides is 1. The molecule has 0 radical (unpaired) electrons. The highest BCUT2D eigenvalue weighted by Crippen LogP contribution is 2.43. The van der Waals surface area contributed by atoms with Crippen LogP contribution in [-0.4, -0.2) is 37.3 Å². The average Bonchev–Trinajstić information content (AvgIpc) is 3.05. The molecule has 2 aromatic heterocycles. The molecular formula is C23H23F3N4O3S. The minimum Gasteiger partial charge on any atom is -0.434 e. The molecule has 1 aromatic carbocycles. The van der Waals surface area contributed by atoms with Gasteiger partial charge in [0.15, 0.2) is 0 Å². The van der Waals surface area contributed by atoms with E-state index in [0.717, 1.165) is 25.5 Å². The summed E-state index contributed by atoms with van der Waals surface area (Å²) in [5, 5.41) is 10.6. The summed E-state index contributed by atoms with van der Waals surface area (Å²) in [6.45, 7) is -0.803. The third kappa shape index (κ3) is 4.35. The molecule has 2 heterocycles. The summed E-state index contributed by atoms with van der Waals surface area (Å²) in [6.07, 6.45) is 3.83. The molecule has 0 bridgehead atoms. The predicted octanol–water partition coefficient (Wildman–Crippen LogP) is 4.85. The number of ether oxygens (including phenoxy) is 1. The number of alkyl halides is 3. The first-order valence-corrected chi connectivity index (χ1v) is 12.2. The van der Waals surface area contributed by atoms with E-state index in [2.05, 4.69) is 20.5 Å². The molecule has 0 aliphatic heterocycles. The summed E-state index contributed by atoms with van der Waals surface area (Å²) >= 11 is 0. The lowest BCUT2D eigenvalue weighted by molar-refractivity contribution is -0.0502. The normalized spacial score (nSPS) is 15.3. The Hall–Kier alpha value is -3.10. The van der Waals surface area contributed by atoms with Crippen molar-refractivity contribution in [1.82, 2.24) is 14.3 Å². The van der Waals surface area contributed by atoms with E-state index < -0.39 is 29.4 Å². The monoisotopic (exact) mass is 492 g/mol. The molecule has 1 N–H and O–H groups in total. The van der Waals surface area contributed by atoms with Gasteiger partial charge in [-0.2, -0.15) is 14.0 Å². The van der Waals surface area contributed by atoms with Crippen LogP contribution in [0.4, 0.5) is 13.2 Å². The first-order valence-electron chi connectivity index (χ1n) is 10.7. The predicted molar refractivity (Wildman–Crippen MR) is 120 cm³/mol. The van der Waals surface area contributed by atoms with E-state index in [4.69, 9.17) is 0 Å². The number of benzene rings is 1. The highest BCUT2D eigenvalue weighted by atomic mass is 32.2. The maximum Gasteiger partial charge on any atom is 0.387 e. The number of nitrogens with zero attached hydrogens (tertiary/aromatic N) is 3. The fourth-order valence-electron chi connectivity index (χ4n) is 4.10. The average molecular weight is 493 g/mol. The molecular weight excluding hydrogens is 469 g/mol. The van der Waals surface area contributed by atoms with Gasteiger partial charge < -0.3 is 9.30 Å². The largest absolute Gasteiger partial charge is 0.434 e. The van der Waals surface area contributed by atoms with Crippen molar-refractivity contribution in [3.8, 4) is 23.2 Å². The SMILES string of the molecule is Cc1cc2c(C#N)c(-c3ccc(S(=O)(=O)N[C@@H](C)CF)cn3)n(C3CCC3)c2cc1OC(F)F. The number of nitriles is 1. The maximum absolute atomic E-state index is 12.9. The minimum absolute atomic E-state index is 0.0269. The van der Waals surface area contributed by atoms with Gasteiger partial charge in [-0.1, -0.05) is 0 Å². The number of fused-ring (bicyclic) bond motifs is 1. The molecule has 11 heteroatoms. The molecule has 0 unspecified atom stereocenters. The Morgan fingerprint density at radius 2 is 2.06 bits per heavy atom. The van der Waals surface area contributed by atoms with E-state index >= 15 is 0 Å². The molecule has 7 nitrogen and oxygen atoms in total. The molecule has 180 valence electrons. The highest BCUT2D eigenvalue weighted by molar-refractivity contribution is 7.89. The quantitative estimate of drug-likeness (QED) is 0.485. The van der Waals surface area contributed by atoms with E-state index in [9.17, 15) is 26.9 Å². The van der Waals surface area contributed by atoms with Gasteiger partial charge in [0.2, 0.25) is 10.0 Å². The van der Waals surface area contributed by atoms with Crippen LogP contribution in [-0.2, 0) is 10.0 Å². The number of halogens is 3. The van der Waals surface area contributed by atoms with Crippen molar-refractivity contribution in [3.63, 3.8) is 0 Å². The second kappa shape index (κ2) is 9.27. The Kier molecular flexibility index (Phi) is 6.55. The zero-order chi connectivity index (χ0) is 24.6. The van der Waals surface area contributed by atoms with Crippen molar-refractivity contribution in [2.45, 2.75) is 56.7 Å². The number of hydrogen-bond donors (Lipinski definition) is 1. The van der Waals surface area contributed by atoms with Gasteiger partial charge in [-0.15, -0.1) is 0 Å². The third-order valence-corrected chi connectivity index (χ3v) is 7.52. The van der Waals surface area contributed by atoms with Crippen molar-refractivity contribution in [2.24, 2.45) is 0 Å². The van der Waals surface area contributed by atoms with Gasteiger partial charge in [-0.25, -0.2) is 17.5 Å². The molecule has 4 rings (SSSR count). The topological polar surface area (TPSA) is 97.0 Å². The maximum atomic E-state index is 12.9. The van der Waals surface area contributed by atoms with E-state index in [1.165, 1.54) is 25.1 Å². The van der Waals surface area contributed by atoms with Crippen LogP contribution >= 0.6 is 0 Å². The van der Waals surface area contributed by atoms with E-state index in [1.807, 2.05) is 4.57 Å². The number of aryl methyl sites for hydroxylation is 1. The molecule has 1 saturated carbocycles. The summed E-state index contributed by atoms with van der Waals surface area (Å²) in [6, 6.07) is 7.35. The molecule has 1 aliphatic carbocycles. The molecule has 1 aliphatic rings. The molecule has 3 aromatic rings. The Balaban J connectivity index is 1.87. The number of nitrogens with one attached hydrogen (secondary N) is 1. The Morgan fingerprint density at radius 1 is 1.32 bits per heavy atom. The van der Waals surface area contributed by atoms with Gasteiger partial charge in [0, 0.05) is 29.7 Å². The van der Waals surface area contributed by atoms with Crippen LogP contribution in [0.25, 0.3) is 22.3 Å². The standard InChI is InChI=1S/C23H23F3N4O3S/c1-13-8-17-18(11-27)22(19-7-6-16(12-28-19)34(31,32)29-14(2)10-24)30(15-4-3-5-15)20(17)9-21(13)33-23(25)26/h6-9,12,14-15,23,29H,3-5,10H2,1-2H3/t14-/m0/s1. The molecule has 1 fully saturated rings. The van der Waals surface area contributed by atoms with Crippen molar-refractivity contribution in [3.05, 3.63) is 41.6 Å². The van der Waals surface area contributed by atoms with Crippen LogP contribution in [0.2, 0.25) is 0 Å². The summed E-state index contributed by atoms with van der Waals surface area (Å²) < 4.78 is 72.3. The fraction of sp³-hybridized carbons (Fsp3) is 0.391. The molecule has 0 spiro atoms. The molecule has 1 atom stereocenters. The van der Waals surface area contributed by atoms with Crippen LogP contribution in [0.3, 0.4) is 0 Å². The van der Waals surface area contributed by atoms with Crippen LogP contribution in [0.5, 0.6) is 5.75 Å². The summed E-state index contributed by atoms with van der Waals surface area (Å²) in [5.41, 5.74) is 2.22. The fourth-order valence-corrected chi connectivity index (χ4v) is 5.27. The minimum atomic E-state index is -3.97. The first-order chi connectivity index (χ1) is 16.2. The van der Waals surface area contributed by atoms with Gasteiger partial charge in [-0.3, -0.25) is 4.98 Å². The summed E-state index contributed by atoms with van der Waals surface area (Å²) in [7, 11) is -3.97. The highest BCUT2D eigenvalue weighted by Gasteiger charge is 2.29. The lowest BCUT2D eigenvalue weighted by atomic mass is 9.92.